The molecule has 0 saturated heterocycles. The third-order valence-corrected chi connectivity index (χ3v) is 9.06. The minimum absolute atomic E-state index is 0. The second-order valence-corrected chi connectivity index (χ2v) is 12.8. The van der Waals surface area contributed by atoms with Crippen LogP contribution in [0.2, 0.25) is 0 Å². The van der Waals surface area contributed by atoms with E-state index >= 15 is 0 Å². The van der Waals surface area contributed by atoms with Crippen LogP contribution in [0.15, 0.2) is 124 Å². The normalized spacial score (nSPS) is 11.4. The smallest absolute Gasteiger partial charge is 0.381 e. The van der Waals surface area contributed by atoms with E-state index in [9.17, 15) is 0 Å². The fraction of sp³-hybridized carbons (Fsp3) is 0.0976. The van der Waals surface area contributed by atoms with E-state index in [1.807, 2.05) is 107 Å². The number of pyridine rings is 1. The molecule has 51 heavy (non-hydrogen) atoms. The molecule has 0 unspecified atom stereocenters. The second kappa shape index (κ2) is 12.5. The largest absolute Gasteiger partial charge is 1.00 e. The predicted octanol–water partition coefficient (Wildman–Crippen LogP) is 7.16. The first-order valence-electron chi connectivity index (χ1n) is 16.4. The lowest BCUT2D eigenvalue weighted by Gasteiger charge is -2.13. The van der Waals surface area contributed by atoms with Gasteiger partial charge in [-0.2, -0.15) is 0 Å². The van der Waals surface area contributed by atoms with Gasteiger partial charge < -0.3 is 32.8 Å². The van der Waals surface area contributed by atoms with Crippen LogP contribution >= 0.6 is 0 Å². The second-order valence-electron chi connectivity index (χ2n) is 12.8. The molecule has 3 heterocycles. The highest BCUT2D eigenvalue weighted by molar-refractivity contribution is 6.12. The molecule has 9 rings (SSSR count). The van der Waals surface area contributed by atoms with Crippen LogP contribution < -0.4 is 32.8 Å². The minimum Gasteiger partial charge on any atom is -1.00 e. The van der Waals surface area contributed by atoms with E-state index in [4.69, 9.17) is 23.8 Å². The topological polar surface area (TPSA) is 91.8 Å². The number of aromatic nitrogens is 3. The monoisotopic (exact) mass is 690 g/mol. The van der Waals surface area contributed by atoms with Crippen LogP contribution in [-0.2, 0) is 0 Å². The number of nitrogens with one attached hydrogen (secondary N) is 2. The fourth-order valence-corrected chi connectivity index (χ4v) is 6.50. The highest BCUT2D eigenvalue weighted by atomic mass is 35.5. The summed E-state index contributed by atoms with van der Waals surface area (Å²) in [7, 11) is 8.05. The molecule has 0 atom stereocenters. The number of hydrogen-bond acceptors (Lipinski definition) is 7. The summed E-state index contributed by atoms with van der Waals surface area (Å²) in [6.45, 7) is 0. The molecule has 10 heteroatoms. The van der Waals surface area contributed by atoms with Crippen LogP contribution in [-0.4, -0.2) is 43.1 Å². The Bertz CT molecular complexity index is 2620. The van der Waals surface area contributed by atoms with Gasteiger partial charge in [-0.1, -0.05) is 54.6 Å². The van der Waals surface area contributed by atoms with Crippen molar-refractivity contribution in [2.24, 2.45) is 0 Å². The number of fused-ring (bicyclic) bond motifs is 8. The molecule has 9 aromatic rings. The molecule has 250 valence electrons. The van der Waals surface area contributed by atoms with Gasteiger partial charge in [-0.05, 0) is 36.4 Å². The van der Waals surface area contributed by atoms with E-state index in [1.165, 1.54) is 0 Å². The van der Waals surface area contributed by atoms with Gasteiger partial charge in [0, 0.05) is 61.1 Å². The Morgan fingerprint density at radius 1 is 0.451 bits per heavy atom. The average Bonchev–Trinajstić information content (AvgIpc) is 3.13. The zero-order chi connectivity index (χ0) is 33.9. The van der Waals surface area contributed by atoms with Gasteiger partial charge >= 0.3 is 22.3 Å². The highest BCUT2D eigenvalue weighted by Gasteiger charge is 2.22. The Balaban J connectivity index is 0.00000374. The van der Waals surface area contributed by atoms with E-state index in [0.717, 1.165) is 77.5 Å². The van der Waals surface area contributed by atoms with E-state index < -0.39 is 0 Å². The summed E-state index contributed by atoms with van der Waals surface area (Å²) in [4.78, 5) is 19.1. The van der Waals surface area contributed by atoms with E-state index in [-0.39, 0.29) is 12.4 Å². The molecule has 0 amide bonds. The summed E-state index contributed by atoms with van der Waals surface area (Å²) in [6.07, 6.45) is 0. The maximum atomic E-state index is 6.47. The van der Waals surface area contributed by atoms with Crippen molar-refractivity contribution in [3.05, 3.63) is 115 Å². The number of rotatable bonds is 6. The number of halogens is 1. The molecule has 0 aliphatic heterocycles. The van der Waals surface area contributed by atoms with Crippen LogP contribution in [0.5, 0.6) is 0 Å². The summed E-state index contributed by atoms with van der Waals surface area (Å²) in [5.74, 6) is 1.36. The fourth-order valence-electron chi connectivity index (χ4n) is 6.50. The molecule has 6 aromatic carbocycles. The van der Waals surface area contributed by atoms with E-state index in [2.05, 4.69) is 56.8 Å². The van der Waals surface area contributed by atoms with Gasteiger partial charge in [0.05, 0.1) is 35.6 Å². The number of hydrogen-bond donors (Lipinski definition) is 2. The molecular formula is C41H33ClN7O2+. The average molecular weight is 691 g/mol. The van der Waals surface area contributed by atoms with Crippen molar-refractivity contribution in [3.8, 4) is 0 Å². The van der Waals surface area contributed by atoms with Gasteiger partial charge in [0.15, 0.2) is 22.1 Å². The summed E-state index contributed by atoms with van der Waals surface area (Å²) in [5.41, 5.74) is 9.92. The van der Waals surface area contributed by atoms with E-state index in [1.54, 1.807) is 0 Å². The Labute approximate surface area is 299 Å². The molecule has 0 radical (unpaired) electrons. The molecule has 0 aliphatic rings. The number of anilines is 6. The zero-order valence-electron chi connectivity index (χ0n) is 28.4. The van der Waals surface area contributed by atoms with E-state index in [0.29, 0.717) is 22.8 Å². The van der Waals surface area contributed by atoms with Crippen LogP contribution in [0.25, 0.3) is 65.9 Å². The molecule has 0 spiro atoms. The zero-order valence-corrected chi connectivity index (χ0v) is 29.2. The van der Waals surface area contributed by atoms with Crippen molar-refractivity contribution in [2.75, 3.05) is 48.6 Å². The third kappa shape index (κ3) is 5.67. The van der Waals surface area contributed by atoms with Gasteiger partial charge in [-0.3, -0.25) is 0 Å². The number of benzene rings is 6. The van der Waals surface area contributed by atoms with Gasteiger partial charge in [0.1, 0.15) is 11.6 Å². The molecule has 3 aromatic heterocycles. The molecule has 0 saturated carbocycles. The van der Waals surface area contributed by atoms with Gasteiger partial charge in [0.25, 0.3) is 0 Å². The van der Waals surface area contributed by atoms with Crippen LogP contribution in [0, 0.1) is 0 Å². The summed E-state index contributed by atoms with van der Waals surface area (Å²) >= 11 is 0. The first kappa shape index (κ1) is 31.9. The van der Waals surface area contributed by atoms with Crippen molar-refractivity contribution in [1.29, 1.82) is 0 Å². The Morgan fingerprint density at radius 3 is 1.31 bits per heavy atom. The Morgan fingerprint density at radius 2 is 0.882 bits per heavy atom. The lowest BCUT2D eigenvalue weighted by atomic mass is 10.1. The Kier molecular flexibility index (Phi) is 7.84. The van der Waals surface area contributed by atoms with Gasteiger partial charge in [-0.25, -0.2) is 23.8 Å². The summed E-state index contributed by atoms with van der Waals surface area (Å²) in [5, 5.41) is 11.2. The molecule has 2 N–H and O–H groups in total. The Hall–Kier alpha value is -6.32. The number of nitrogens with zero attached hydrogens (tertiary/aromatic N) is 5. The summed E-state index contributed by atoms with van der Waals surface area (Å²) in [6, 6.07) is 38.5. The lowest BCUT2D eigenvalue weighted by molar-refractivity contribution is -0.0000108. The molecule has 0 bridgehead atoms. The molecular weight excluding hydrogens is 658 g/mol. The van der Waals surface area contributed by atoms with Gasteiger partial charge in [-0.15, -0.1) is 0 Å². The predicted molar refractivity (Wildman–Crippen MR) is 206 cm³/mol. The van der Waals surface area contributed by atoms with Gasteiger partial charge in [0.2, 0.25) is 0 Å². The minimum atomic E-state index is 0. The quantitative estimate of drug-likeness (QED) is 0.107. The van der Waals surface area contributed by atoms with Crippen LogP contribution in [0.4, 0.5) is 34.4 Å². The molecule has 0 fully saturated rings. The SMILES string of the molecule is CN(C)c1ccc2nc3c(cc(Nc4cccc(Nc5cc6[o+]c7cc(N(C)C)ccc7nc6c6ccccc56)n4)c4ccccc43)[o+]c2c1.[Cl-]. The van der Waals surface area contributed by atoms with Crippen molar-refractivity contribution >= 4 is 100 Å². The lowest BCUT2D eigenvalue weighted by Crippen LogP contribution is -3.00. The summed E-state index contributed by atoms with van der Waals surface area (Å²) < 4.78 is 12.9. The first-order chi connectivity index (χ1) is 24.4. The van der Waals surface area contributed by atoms with Crippen molar-refractivity contribution in [1.82, 2.24) is 15.0 Å². The molecule has 0 aliphatic carbocycles. The van der Waals surface area contributed by atoms with Crippen molar-refractivity contribution in [3.63, 3.8) is 0 Å². The highest BCUT2D eigenvalue weighted by Crippen LogP contribution is 2.37. The maximum Gasteiger partial charge on any atom is 0.381 e. The third-order valence-electron chi connectivity index (χ3n) is 9.06. The van der Waals surface area contributed by atoms with Crippen LogP contribution in [0.3, 0.4) is 0 Å². The standard InChI is InChI=1S/C41H33N7O2.ClH/c1-47(2)24-16-18-30-34(20-24)49-36-22-32(26-10-5-7-12-28(26)40(36)44-30)42-38-14-9-15-39(46-38)43-33-23-37-41(29-13-8-6-11-27(29)33)45-31-19-17-25(48(3)4)21-35(31)50-37;/h5-23H,1-4H3,(H2,42,43,46);1H/q+2;/p-1. The van der Waals surface area contributed by atoms with Crippen molar-refractivity contribution in [2.45, 2.75) is 0 Å². The van der Waals surface area contributed by atoms with Crippen LogP contribution in [0.1, 0.15) is 0 Å². The van der Waals surface area contributed by atoms with Crippen molar-refractivity contribution < 1.29 is 21.2 Å². The first-order valence-corrected chi connectivity index (χ1v) is 16.4. The molecule has 9 nitrogen and oxygen atoms in total. The maximum absolute atomic E-state index is 6.47.